The van der Waals surface area contributed by atoms with Crippen molar-refractivity contribution in [3.05, 3.63) is 81.7 Å². The number of rotatable bonds is 8. The zero-order valence-corrected chi connectivity index (χ0v) is 30.4. The molecule has 0 bridgehead atoms. The van der Waals surface area contributed by atoms with Gasteiger partial charge >= 0.3 is 11.7 Å². The summed E-state index contributed by atoms with van der Waals surface area (Å²) in [7, 11) is 5.44. The Bertz CT molecular complexity index is 2210. The minimum atomic E-state index is -2.64. The number of aromatic nitrogens is 6. The van der Waals surface area contributed by atoms with E-state index in [1.807, 2.05) is 20.2 Å². The molecule has 0 radical (unpaired) electrons. The van der Waals surface area contributed by atoms with Gasteiger partial charge in [0.25, 0.3) is 6.43 Å². The number of carboxylic acids is 1. The van der Waals surface area contributed by atoms with Gasteiger partial charge in [-0.3, -0.25) is 13.8 Å². The zero-order valence-electron chi connectivity index (χ0n) is 30.4. The molecule has 6 heterocycles. The summed E-state index contributed by atoms with van der Waals surface area (Å²) in [6, 6.07) is 11.1. The number of nitrogens with zero attached hydrogens (tertiary/aromatic N) is 9. The van der Waals surface area contributed by atoms with Gasteiger partial charge in [0.1, 0.15) is 0 Å². The second kappa shape index (κ2) is 14.0. The van der Waals surface area contributed by atoms with Crippen molar-refractivity contribution in [2.45, 2.75) is 50.9 Å². The summed E-state index contributed by atoms with van der Waals surface area (Å²) >= 11 is 0. The highest BCUT2D eigenvalue weighted by Crippen LogP contribution is 2.43. The fraction of sp³-hybridized carbons (Fsp3) is 0.462. The van der Waals surface area contributed by atoms with Crippen LogP contribution in [0.2, 0.25) is 0 Å². The molecule has 12 nitrogen and oxygen atoms in total. The average molecular weight is 726 g/mol. The van der Waals surface area contributed by atoms with Crippen molar-refractivity contribution in [1.29, 1.82) is 0 Å². The molecule has 2 saturated heterocycles. The van der Waals surface area contributed by atoms with Gasteiger partial charge in [0.15, 0.2) is 11.5 Å². The Hall–Kier alpha value is -5.11. The van der Waals surface area contributed by atoms with Crippen LogP contribution in [0.4, 0.5) is 26.0 Å². The predicted octanol–water partition coefficient (Wildman–Crippen LogP) is 5.88. The third kappa shape index (κ3) is 6.57. The summed E-state index contributed by atoms with van der Waals surface area (Å²) < 4.78 is 34.3. The number of aryl methyl sites for hydroxylation is 4. The van der Waals surface area contributed by atoms with E-state index >= 15 is 0 Å². The molecule has 0 atom stereocenters. The fourth-order valence-corrected chi connectivity index (χ4v) is 8.79. The Morgan fingerprint density at radius 2 is 1.72 bits per heavy atom. The maximum Gasteiger partial charge on any atom is 0.356 e. The molecule has 2 aromatic carbocycles. The van der Waals surface area contributed by atoms with Crippen molar-refractivity contribution in [3.8, 4) is 11.1 Å². The van der Waals surface area contributed by atoms with E-state index in [2.05, 4.69) is 42.1 Å². The quantitative estimate of drug-likeness (QED) is 0.209. The molecule has 1 N–H and O–H groups in total. The first-order valence-corrected chi connectivity index (χ1v) is 18.5. The molecule has 0 unspecified atom stereocenters. The number of hydrogen-bond donors (Lipinski definition) is 1. The number of likely N-dealkylation sites (tertiary alicyclic amines) is 1. The van der Waals surface area contributed by atoms with E-state index in [0.717, 1.165) is 111 Å². The maximum absolute atomic E-state index is 14.6. The van der Waals surface area contributed by atoms with Crippen LogP contribution in [0.3, 0.4) is 0 Å². The standard InChI is InChI=1S/C39H45F2N9O3/c1-45-23-27(21-42-45)29-17-26-5-4-12-50(33(26)20-31(29)37(40)41)28-18-30(36-34(19-28)46(2)39(53)47(36)3)25-10-13-48(14-11-25)22-24-8-15-49(16-9-24)35-7-6-32(38(51)52)43-44-35/h6-7,17-21,23-25,37H,4-5,8-16,22H2,1-3H3,(H,51,52). The molecular weight excluding hydrogens is 680 g/mol. The van der Waals surface area contributed by atoms with Crippen LogP contribution < -0.4 is 15.5 Å². The number of halogens is 2. The van der Waals surface area contributed by atoms with Gasteiger partial charge in [0.2, 0.25) is 0 Å². The minimum Gasteiger partial charge on any atom is -0.476 e. The lowest BCUT2D eigenvalue weighted by Crippen LogP contribution is -2.41. The number of benzene rings is 2. The molecule has 53 heavy (non-hydrogen) atoms. The smallest absolute Gasteiger partial charge is 0.356 e. The number of fused-ring (bicyclic) bond motifs is 2. The summed E-state index contributed by atoms with van der Waals surface area (Å²) in [4.78, 5) is 31.4. The molecule has 0 amide bonds. The van der Waals surface area contributed by atoms with Gasteiger partial charge in [0.05, 0.1) is 17.2 Å². The van der Waals surface area contributed by atoms with E-state index in [1.165, 1.54) is 6.07 Å². The number of hydrogen-bond acceptors (Lipinski definition) is 8. The normalized spacial score (nSPS) is 17.6. The zero-order chi connectivity index (χ0) is 37.0. The first kappa shape index (κ1) is 34.9. The highest BCUT2D eigenvalue weighted by molar-refractivity contribution is 5.87. The largest absolute Gasteiger partial charge is 0.476 e. The summed E-state index contributed by atoms with van der Waals surface area (Å²) in [5.74, 6) is 0.459. The molecule has 0 aliphatic carbocycles. The second-order valence-corrected chi connectivity index (χ2v) is 14.9. The molecule has 8 rings (SSSR count). The van der Waals surface area contributed by atoms with E-state index in [4.69, 9.17) is 5.11 Å². The maximum atomic E-state index is 14.6. The van der Waals surface area contributed by atoms with Crippen LogP contribution in [-0.4, -0.2) is 84.4 Å². The molecule has 2 fully saturated rings. The van der Waals surface area contributed by atoms with Crippen molar-refractivity contribution in [2.24, 2.45) is 27.1 Å². The first-order valence-electron chi connectivity index (χ1n) is 18.5. The van der Waals surface area contributed by atoms with Crippen molar-refractivity contribution >= 4 is 34.2 Å². The number of carboxylic acid groups (broad SMARTS) is 1. The third-order valence-electron chi connectivity index (χ3n) is 11.7. The predicted molar refractivity (Wildman–Crippen MR) is 199 cm³/mol. The van der Waals surface area contributed by atoms with Crippen LogP contribution >= 0.6 is 0 Å². The first-order chi connectivity index (χ1) is 25.5. The molecule has 0 saturated carbocycles. The SMILES string of the molecule is Cn1cc(-c2cc3c(cc2C(F)F)N(c2cc(C4CCN(CC5CCN(c6ccc(C(=O)O)nn6)CC5)CC4)c4c(c2)n(C)c(=O)n4C)CCC3)cn1. The Labute approximate surface area is 306 Å². The van der Waals surface area contributed by atoms with Crippen molar-refractivity contribution in [1.82, 2.24) is 34.0 Å². The molecule has 14 heteroatoms. The number of imidazole rings is 1. The Morgan fingerprint density at radius 3 is 2.38 bits per heavy atom. The highest BCUT2D eigenvalue weighted by Gasteiger charge is 2.30. The lowest BCUT2D eigenvalue weighted by Gasteiger charge is -2.38. The monoisotopic (exact) mass is 725 g/mol. The van der Waals surface area contributed by atoms with Crippen LogP contribution in [-0.2, 0) is 27.6 Å². The van der Waals surface area contributed by atoms with E-state index in [0.29, 0.717) is 23.6 Å². The molecule has 3 aliphatic heterocycles. The van der Waals surface area contributed by atoms with Gasteiger partial charge in [-0.15, -0.1) is 10.2 Å². The van der Waals surface area contributed by atoms with Gasteiger partial charge in [-0.1, -0.05) is 0 Å². The number of aromatic carboxylic acids is 1. The molecule has 3 aliphatic rings. The molecule has 278 valence electrons. The van der Waals surface area contributed by atoms with E-state index < -0.39 is 12.4 Å². The lowest BCUT2D eigenvalue weighted by molar-refractivity contribution is 0.0689. The molecule has 0 spiro atoms. The topological polar surface area (TPSA) is 118 Å². The van der Waals surface area contributed by atoms with Crippen LogP contribution in [0.15, 0.2) is 53.6 Å². The number of carbonyl (C=O) groups is 1. The summed E-state index contributed by atoms with van der Waals surface area (Å²) in [6.45, 7) is 5.37. The van der Waals surface area contributed by atoms with Gasteiger partial charge in [-0.25, -0.2) is 18.4 Å². The van der Waals surface area contributed by atoms with Gasteiger partial charge in [-0.05, 0) is 117 Å². The number of piperidine rings is 2. The average Bonchev–Trinajstić information content (AvgIpc) is 3.70. The molecule has 5 aromatic rings. The van der Waals surface area contributed by atoms with Crippen LogP contribution in [0.5, 0.6) is 0 Å². The number of alkyl halides is 2. The Morgan fingerprint density at radius 1 is 0.943 bits per heavy atom. The van der Waals surface area contributed by atoms with Crippen molar-refractivity contribution in [3.63, 3.8) is 0 Å². The van der Waals surface area contributed by atoms with Gasteiger partial charge in [-0.2, -0.15) is 5.10 Å². The van der Waals surface area contributed by atoms with Crippen molar-refractivity contribution in [2.75, 3.05) is 49.1 Å². The van der Waals surface area contributed by atoms with Gasteiger partial charge in [0, 0.05) is 76.0 Å². The van der Waals surface area contributed by atoms with Crippen LogP contribution in [0.1, 0.15) is 71.6 Å². The summed E-state index contributed by atoms with van der Waals surface area (Å²) in [5, 5.41) is 21.3. The Kier molecular flexibility index (Phi) is 9.25. The lowest BCUT2D eigenvalue weighted by atomic mass is 9.86. The number of anilines is 3. The van der Waals surface area contributed by atoms with Crippen LogP contribution in [0, 0.1) is 5.92 Å². The van der Waals surface area contributed by atoms with E-state index in [1.54, 1.807) is 45.4 Å². The molecular formula is C39H45F2N9O3. The van der Waals surface area contributed by atoms with Crippen LogP contribution in [0.25, 0.3) is 22.2 Å². The summed E-state index contributed by atoms with van der Waals surface area (Å²) in [5.41, 5.74) is 6.79. The van der Waals surface area contributed by atoms with E-state index in [9.17, 15) is 18.4 Å². The van der Waals surface area contributed by atoms with Crippen molar-refractivity contribution < 1.29 is 18.7 Å². The summed E-state index contributed by atoms with van der Waals surface area (Å²) in [6.07, 6.45) is 6.46. The second-order valence-electron chi connectivity index (χ2n) is 14.9. The Balaban J connectivity index is 1.02. The van der Waals surface area contributed by atoms with E-state index in [-0.39, 0.29) is 22.9 Å². The fourth-order valence-electron chi connectivity index (χ4n) is 8.79. The van der Waals surface area contributed by atoms with Gasteiger partial charge < -0.3 is 19.8 Å². The highest BCUT2D eigenvalue weighted by atomic mass is 19.3. The molecule has 3 aromatic heterocycles. The third-order valence-corrected chi connectivity index (χ3v) is 11.7. The minimum absolute atomic E-state index is 0.00169.